The molecule has 3 aromatic heterocycles. The standard InChI is InChI=1S/C27H28N6O3/c1-18(2)33-26-21(17-29-33)20(16-22(30-26)19-6-7-23-24(15-19)36-14-13-35-23)27(34)32-11-9-31(10-12-32)25-5-3-4-8-28-25/h3-8,15-18H,9-14H2,1-2H3. The minimum absolute atomic E-state index is 0.00910. The summed E-state index contributed by atoms with van der Waals surface area (Å²) in [4.78, 5) is 27.3. The molecule has 184 valence electrons. The van der Waals surface area contributed by atoms with Crippen LogP contribution in [-0.2, 0) is 0 Å². The van der Waals surface area contributed by atoms with E-state index in [1.165, 1.54) is 0 Å². The molecular formula is C27H28N6O3. The summed E-state index contributed by atoms with van der Waals surface area (Å²) < 4.78 is 13.3. The fourth-order valence-corrected chi connectivity index (χ4v) is 4.77. The molecule has 0 bridgehead atoms. The second-order valence-corrected chi connectivity index (χ2v) is 9.30. The molecule has 0 unspecified atom stereocenters. The molecule has 0 atom stereocenters. The highest BCUT2D eigenvalue weighted by atomic mass is 16.6. The van der Waals surface area contributed by atoms with Crippen LogP contribution >= 0.6 is 0 Å². The number of carbonyl (C=O) groups excluding carboxylic acids is 1. The van der Waals surface area contributed by atoms with Gasteiger partial charge >= 0.3 is 0 Å². The maximum absolute atomic E-state index is 13.8. The lowest BCUT2D eigenvalue weighted by molar-refractivity contribution is 0.0748. The Hall–Kier alpha value is -4.14. The molecule has 36 heavy (non-hydrogen) atoms. The number of ether oxygens (including phenoxy) is 2. The van der Waals surface area contributed by atoms with E-state index in [4.69, 9.17) is 14.5 Å². The average molecular weight is 485 g/mol. The van der Waals surface area contributed by atoms with Crippen LogP contribution in [0.2, 0.25) is 0 Å². The molecular weight excluding hydrogens is 456 g/mol. The van der Waals surface area contributed by atoms with Gasteiger partial charge < -0.3 is 19.3 Å². The van der Waals surface area contributed by atoms with Gasteiger partial charge in [-0.05, 0) is 50.2 Å². The van der Waals surface area contributed by atoms with E-state index in [-0.39, 0.29) is 11.9 Å². The quantitative estimate of drug-likeness (QED) is 0.435. The van der Waals surface area contributed by atoms with Crippen LogP contribution in [0.15, 0.2) is 54.9 Å². The number of carbonyl (C=O) groups is 1. The first-order valence-corrected chi connectivity index (χ1v) is 12.3. The van der Waals surface area contributed by atoms with Crippen molar-refractivity contribution in [3.8, 4) is 22.8 Å². The molecule has 6 rings (SSSR count). The van der Waals surface area contributed by atoms with Crippen LogP contribution in [0.5, 0.6) is 11.5 Å². The van der Waals surface area contributed by atoms with Crippen molar-refractivity contribution in [3.63, 3.8) is 0 Å². The third-order valence-electron chi connectivity index (χ3n) is 6.66. The minimum atomic E-state index is -0.00910. The fourth-order valence-electron chi connectivity index (χ4n) is 4.77. The number of anilines is 1. The van der Waals surface area contributed by atoms with E-state index in [1.807, 2.05) is 52.0 Å². The van der Waals surface area contributed by atoms with E-state index in [1.54, 1.807) is 12.4 Å². The summed E-state index contributed by atoms with van der Waals surface area (Å²) in [6.07, 6.45) is 3.56. The maximum Gasteiger partial charge on any atom is 0.254 e. The molecule has 2 aliphatic rings. The number of fused-ring (bicyclic) bond motifs is 2. The second kappa shape index (κ2) is 9.14. The Balaban J connectivity index is 1.35. The third-order valence-corrected chi connectivity index (χ3v) is 6.66. The van der Waals surface area contributed by atoms with Crippen molar-refractivity contribution >= 4 is 22.8 Å². The van der Waals surface area contributed by atoms with Crippen LogP contribution in [0.25, 0.3) is 22.3 Å². The van der Waals surface area contributed by atoms with Gasteiger partial charge in [0.1, 0.15) is 19.0 Å². The van der Waals surface area contributed by atoms with Crippen molar-refractivity contribution in [2.75, 3.05) is 44.3 Å². The number of aromatic nitrogens is 4. The minimum Gasteiger partial charge on any atom is -0.486 e. The van der Waals surface area contributed by atoms with Gasteiger partial charge in [0.25, 0.3) is 5.91 Å². The normalized spacial score (nSPS) is 15.5. The van der Waals surface area contributed by atoms with Gasteiger partial charge in [0.2, 0.25) is 0 Å². The predicted molar refractivity (Wildman–Crippen MR) is 137 cm³/mol. The van der Waals surface area contributed by atoms with Crippen LogP contribution in [0.4, 0.5) is 5.82 Å². The smallest absolute Gasteiger partial charge is 0.254 e. The molecule has 0 radical (unpaired) electrons. The van der Waals surface area contributed by atoms with Crippen molar-refractivity contribution < 1.29 is 14.3 Å². The Kier molecular flexibility index (Phi) is 5.67. The zero-order valence-corrected chi connectivity index (χ0v) is 20.4. The number of nitrogens with zero attached hydrogens (tertiary/aromatic N) is 6. The molecule has 9 heteroatoms. The number of benzene rings is 1. The van der Waals surface area contributed by atoms with Gasteiger partial charge in [0.15, 0.2) is 17.1 Å². The highest BCUT2D eigenvalue weighted by molar-refractivity contribution is 6.06. The number of pyridine rings is 2. The van der Waals surface area contributed by atoms with Gasteiger partial charge in [-0.2, -0.15) is 5.10 Å². The van der Waals surface area contributed by atoms with Gasteiger partial charge in [0, 0.05) is 44.0 Å². The zero-order chi connectivity index (χ0) is 24.6. The van der Waals surface area contributed by atoms with Gasteiger partial charge in [-0.25, -0.2) is 14.6 Å². The molecule has 5 heterocycles. The zero-order valence-electron chi connectivity index (χ0n) is 20.4. The molecule has 2 aliphatic heterocycles. The number of amides is 1. The summed E-state index contributed by atoms with van der Waals surface area (Å²) in [5.74, 6) is 2.34. The molecule has 9 nitrogen and oxygen atoms in total. The first-order chi connectivity index (χ1) is 17.6. The molecule has 4 aromatic rings. The molecule has 0 N–H and O–H groups in total. The summed E-state index contributed by atoms with van der Waals surface area (Å²) in [7, 11) is 0. The Labute approximate surface area is 209 Å². The van der Waals surface area contributed by atoms with Crippen LogP contribution in [0.3, 0.4) is 0 Å². The number of hydrogen-bond acceptors (Lipinski definition) is 7. The molecule has 1 aromatic carbocycles. The summed E-state index contributed by atoms with van der Waals surface area (Å²) in [5, 5.41) is 5.33. The monoisotopic (exact) mass is 484 g/mol. The van der Waals surface area contributed by atoms with Gasteiger partial charge in [-0.1, -0.05) is 6.07 Å². The Morgan fingerprint density at radius 1 is 0.972 bits per heavy atom. The molecule has 0 aliphatic carbocycles. The Morgan fingerprint density at radius 3 is 2.53 bits per heavy atom. The van der Waals surface area contributed by atoms with Crippen molar-refractivity contribution in [1.82, 2.24) is 24.6 Å². The van der Waals surface area contributed by atoms with Gasteiger partial charge in [0.05, 0.1) is 22.8 Å². The lowest BCUT2D eigenvalue weighted by Crippen LogP contribution is -2.49. The van der Waals surface area contributed by atoms with Crippen LogP contribution in [0.1, 0.15) is 30.2 Å². The summed E-state index contributed by atoms with van der Waals surface area (Å²) in [5.41, 5.74) is 2.89. The SMILES string of the molecule is CC(C)n1ncc2c(C(=O)N3CCN(c4ccccn4)CC3)cc(-c3ccc4c(c3)OCCO4)nc21. The highest BCUT2D eigenvalue weighted by Crippen LogP contribution is 2.35. The van der Waals surface area contributed by atoms with Gasteiger partial charge in [-0.3, -0.25) is 4.79 Å². The van der Waals surface area contributed by atoms with Crippen LogP contribution in [0, 0.1) is 0 Å². The van der Waals surface area contributed by atoms with E-state index < -0.39 is 0 Å². The Morgan fingerprint density at radius 2 is 1.78 bits per heavy atom. The average Bonchev–Trinajstić information content (AvgIpc) is 3.37. The lowest BCUT2D eigenvalue weighted by atomic mass is 10.0. The van der Waals surface area contributed by atoms with Crippen molar-refractivity contribution in [1.29, 1.82) is 0 Å². The number of piperazine rings is 1. The predicted octanol–water partition coefficient (Wildman–Crippen LogP) is 3.81. The van der Waals surface area contributed by atoms with E-state index in [9.17, 15) is 4.79 Å². The topological polar surface area (TPSA) is 85.6 Å². The highest BCUT2D eigenvalue weighted by Gasteiger charge is 2.26. The largest absolute Gasteiger partial charge is 0.486 e. The van der Waals surface area contributed by atoms with Crippen LogP contribution in [-0.4, -0.2) is 69.9 Å². The summed E-state index contributed by atoms with van der Waals surface area (Å²) in [6.45, 7) is 7.88. The lowest BCUT2D eigenvalue weighted by Gasteiger charge is -2.35. The van der Waals surface area contributed by atoms with Gasteiger partial charge in [-0.15, -0.1) is 0 Å². The third kappa shape index (κ3) is 4.00. The van der Waals surface area contributed by atoms with E-state index in [0.717, 1.165) is 35.6 Å². The molecule has 0 saturated carbocycles. The fraction of sp³-hybridized carbons (Fsp3) is 0.333. The summed E-state index contributed by atoms with van der Waals surface area (Å²) in [6, 6.07) is 13.7. The molecule has 1 amide bonds. The van der Waals surface area contributed by atoms with Crippen molar-refractivity contribution in [2.24, 2.45) is 0 Å². The number of hydrogen-bond donors (Lipinski definition) is 0. The van der Waals surface area contributed by atoms with Crippen molar-refractivity contribution in [3.05, 3.63) is 60.4 Å². The molecule has 0 spiro atoms. The molecule has 1 saturated heterocycles. The first-order valence-electron chi connectivity index (χ1n) is 12.3. The molecule has 1 fully saturated rings. The number of rotatable bonds is 4. The maximum atomic E-state index is 13.8. The van der Waals surface area contributed by atoms with Crippen LogP contribution < -0.4 is 14.4 Å². The van der Waals surface area contributed by atoms with Crippen molar-refractivity contribution in [2.45, 2.75) is 19.9 Å². The van der Waals surface area contributed by atoms with E-state index >= 15 is 0 Å². The second-order valence-electron chi connectivity index (χ2n) is 9.30. The van der Waals surface area contributed by atoms with E-state index in [2.05, 4.69) is 28.8 Å². The Bertz CT molecular complexity index is 1410. The van der Waals surface area contributed by atoms with E-state index in [0.29, 0.717) is 49.0 Å². The summed E-state index contributed by atoms with van der Waals surface area (Å²) >= 11 is 0. The first kappa shape index (κ1) is 22.3.